The summed E-state index contributed by atoms with van der Waals surface area (Å²) in [6, 6.07) is 15.0. The molecule has 1 saturated heterocycles. The Hall–Kier alpha value is -2.39. The van der Waals surface area contributed by atoms with Crippen molar-refractivity contribution in [1.29, 1.82) is 0 Å². The third kappa shape index (κ3) is 3.50. The highest BCUT2D eigenvalue weighted by atomic mass is 31.0. The molecule has 8 heteroatoms. The average Bonchev–Trinajstić information content (AvgIpc) is 3.38. The molecular formula is C22H24N6P2. The lowest BCUT2D eigenvalue weighted by Crippen LogP contribution is -2.29. The largest absolute Gasteiger partial charge is 0.355 e. The molecule has 1 aromatic carbocycles. The van der Waals surface area contributed by atoms with E-state index in [0.29, 0.717) is 6.04 Å². The summed E-state index contributed by atoms with van der Waals surface area (Å²) in [6.07, 6.45) is 4.74. The summed E-state index contributed by atoms with van der Waals surface area (Å²) in [5.74, 6) is 1.87. The molecule has 0 spiro atoms. The van der Waals surface area contributed by atoms with Gasteiger partial charge in [-0.15, -0.1) is 18.5 Å². The lowest BCUT2D eigenvalue weighted by Gasteiger charge is -2.18. The van der Waals surface area contributed by atoms with Crippen LogP contribution in [0.5, 0.6) is 0 Å². The van der Waals surface area contributed by atoms with Crippen LogP contribution in [0.4, 0.5) is 5.82 Å². The first kappa shape index (κ1) is 19.6. The van der Waals surface area contributed by atoms with Crippen molar-refractivity contribution in [1.82, 2.24) is 24.8 Å². The molecule has 0 radical (unpaired) electrons. The number of pyridine rings is 2. The Morgan fingerprint density at radius 2 is 1.87 bits per heavy atom. The van der Waals surface area contributed by atoms with Crippen molar-refractivity contribution in [2.24, 2.45) is 0 Å². The molecular weight excluding hydrogens is 410 g/mol. The number of imidazole rings is 1. The van der Waals surface area contributed by atoms with E-state index in [-0.39, 0.29) is 0 Å². The highest BCUT2D eigenvalue weighted by molar-refractivity contribution is 7.29. The Bertz CT molecular complexity index is 1210. The van der Waals surface area contributed by atoms with Crippen LogP contribution in [-0.4, -0.2) is 45.7 Å². The van der Waals surface area contributed by atoms with Crippen LogP contribution in [0.3, 0.4) is 0 Å². The van der Waals surface area contributed by atoms with E-state index in [2.05, 4.69) is 68.6 Å². The molecule has 1 aliphatic rings. The van der Waals surface area contributed by atoms with Crippen molar-refractivity contribution in [3.05, 3.63) is 54.9 Å². The molecule has 4 aromatic rings. The van der Waals surface area contributed by atoms with Crippen LogP contribution < -0.4 is 20.8 Å². The number of rotatable bonds is 4. The topological polar surface area (TPSA) is 58.9 Å². The molecule has 1 fully saturated rings. The fraction of sp³-hybridized carbons (Fsp3) is 0.227. The van der Waals surface area contributed by atoms with E-state index in [9.17, 15) is 0 Å². The Labute approximate surface area is 180 Å². The van der Waals surface area contributed by atoms with Gasteiger partial charge in [0.2, 0.25) is 0 Å². The zero-order chi connectivity index (χ0) is 20.7. The molecule has 6 nitrogen and oxygen atoms in total. The lowest BCUT2D eigenvalue weighted by atomic mass is 10.2. The van der Waals surface area contributed by atoms with E-state index in [1.807, 2.05) is 19.2 Å². The van der Waals surface area contributed by atoms with Gasteiger partial charge in [-0.2, -0.15) is 0 Å². The van der Waals surface area contributed by atoms with Crippen molar-refractivity contribution < 1.29 is 0 Å². The third-order valence-corrected chi connectivity index (χ3v) is 6.48. The number of likely N-dealkylation sites (N-methyl/N-ethyl adjacent to an activating group) is 1. The van der Waals surface area contributed by atoms with Crippen LogP contribution in [0.15, 0.2) is 54.9 Å². The van der Waals surface area contributed by atoms with Gasteiger partial charge >= 0.3 is 0 Å². The SMILES string of the molecule is CN[C@@H]1CCN(c2ccc3nc(-c4ccc(P)cc4P)n(-c4ccncc4)c3n2)C1. The quantitative estimate of drug-likeness (QED) is 0.500. The number of nitrogens with one attached hydrogen (secondary N) is 1. The van der Waals surface area contributed by atoms with Gasteiger partial charge in [-0.3, -0.25) is 9.55 Å². The second-order valence-corrected chi connectivity index (χ2v) is 8.84. The van der Waals surface area contributed by atoms with E-state index in [0.717, 1.165) is 64.2 Å². The van der Waals surface area contributed by atoms with Gasteiger partial charge in [0.25, 0.3) is 0 Å². The predicted molar refractivity (Wildman–Crippen MR) is 130 cm³/mol. The van der Waals surface area contributed by atoms with E-state index in [1.54, 1.807) is 12.4 Å². The van der Waals surface area contributed by atoms with E-state index in [4.69, 9.17) is 9.97 Å². The molecule has 1 aliphatic heterocycles. The number of hydrogen-bond donors (Lipinski definition) is 1. The monoisotopic (exact) mass is 434 g/mol. The zero-order valence-electron chi connectivity index (χ0n) is 16.8. The normalized spacial score (nSPS) is 16.5. The zero-order valence-corrected chi connectivity index (χ0v) is 19.1. The molecule has 5 rings (SSSR count). The van der Waals surface area contributed by atoms with E-state index < -0.39 is 0 Å². The minimum absolute atomic E-state index is 0.508. The lowest BCUT2D eigenvalue weighted by molar-refractivity contribution is 0.616. The van der Waals surface area contributed by atoms with Gasteiger partial charge in [0.15, 0.2) is 5.65 Å². The molecule has 1 N–H and O–H groups in total. The summed E-state index contributed by atoms with van der Waals surface area (Å²) in [5.41, 5.74) is 3.82. The molecule has 3 atom stereocenters. The summed E-state index contributed by atoms with van der Waals surface area (Å²) < 4.78 is 2.14. The maximum Gasteiger partial charge on any atom is 0.167 e. The van der Waals surface area contributed by atoms with Gasteiger partial charge in [0, 0.05) is 37.1 Å². The van der Waals surface area contributed by atoms with Crippen molar-refractivity contribution in [2.45, 2.75) is 12.5 Å². The molecule has 4 heterocycles. The third-order valence-electron chi connectivity index (χ3n) is 5.65. The minimum atomic E-state index is 0.508. The fourth-order valence-electron chi connectivity index (χ4n) is 4.03. The van der Waals surface area contributed by atoms with Crippen LogP contribution in [-0.2, 0) is 0 Å². The first-order valence-corrected chi connectivity index (χ1v) is 11.2. The van der Waals surface area contributed by atoms with Gasteiger partial charge < -0.3 is 10.2 Å². The Morgan fingerprint density at radius 1 is 1.03 bits per heavy atom. The van der Waals surface area contributed by atoms with Crippen LogP contribution in [0.2, 0.25) is 0 Å². The van der Waals surface area contributed by atoms with E-state index in [1.165, 1.54) is 0 Å². The first-order chi connectivity index (χ1) is 14.6. The number of anilines is 1. The predicted octanol–water partition coefficient (Wildman–Crippen LogP) is 2.28. The summed E-state index contributed by atoms with van der Waals surface area (Å²) in [5, 5.41) is 5.62. The molecule has 2 unspecified atom stereocenters. The molecule has 3 aromatic heterocycles. The maximum absolute atomic E-state index is 5.06. The Balaban J connectivity index is 1.70. The molecule has 0 amide bonds. The van der Waals surface area contributed by atoms with Crippen LogP contribution in [0.1, 0.15) is 6.42 Å². The second kappa shape index (κ2) is 8.03. The number of aromatic nitrogens is 4. The molecule has 30 heavy (non-hydrogen) atoms. The van der Waals surface area contributed by atoms with Crippen molar-refractivity contribution >= 4 is 46.1 Å². The standard InChI is InChI=1S/C22H24N6P2/c1-23-14-8-11-27(13-14)20-5-4-18-22(26-20)28(15-6-9-24-10-7-15)21(25-18)17-3-2-16(29)12-19(17)30/h2-7,9-10,12,14,23H,8,11,13,29-30H2,1H3/t14-/m1/s1. The first-order valence-electron chi connectivity index (χ1n) is 10.0. The number of fused-ring (bicyclic) bond motifs is 1. The minimum Gasteiger partial charge on any atom is -0.355 e. The van der Waals surface area contributed by atoms with Crippen LogP contribution in [0, 0.1) is 0 Å². The second-order valence-electron chi connectivity index (χ2n) is 7.56. The highest BCUT2D eigenvalue weighted by Crippen LogP contribution is 2.29. The summed E-state index contributed by atoms with van der Waals surface area (Å²) >= 11 is 0. The van der Waals surface area contributed by atoms with Gasteiger partial charge in [0.1, 0.15) is 17.2 Å². The Morgan fingerprint density at radius 3 is 2.60 bits per heavy atom. The van der Waals surface area contributed by atoms with Crippen LogP contribution >= 0.6 is 18.5 Å². The molecule has 152 valence electrons. The van der Waals surface area contributed by atoms with Gasteiger partial charge in [0.05, 0.1) is 5.69 Å². The van der Waals surface area contributed by atoms with Gasteiger partial charge in [-0.1, -0.05) is 6.07 Å². The molecule has 0 saturated carbocycles. The van der Waals surface area contributed by atoms with Gasteiger partial charge in [-0.25, -0.2) is 9.97 Å². The summed E-state index contributed by atoms with van der Waals surface area (Å²) in [4.78, 5) is 16.6. The number of nitrogens with zero attached hydrogens (tertiary/aromatic N) is 5. The van der Waals surface area contributed by atoms with Gasteiger partial charge in [-0.05, 0) is 60.5 Å². The maximum atomic E-state index is 5.06. The molecule has 0 bridgehead atoms. The summed E-state index contributed by atoms with van der Waals surface area (Å²) in [6.45, 7) is 1.97. The Kier molecular flexibility index (Phi) is 5.24. The van der Waals surface area contributed by atoms with Crippen molar-refractivity contribution in [3.8, 4) is 17.1 Å². The average molecular weight is 434 g/mol. The van der Waals surface area contributed by atoms with Crippen molar-refractivity contribution in [2.75, 3.05) is 25.0 Å². The summed E-state index contributed by atoms with van der Waals surface area (Å²) in [7, 11) is 7.60. The van der Waals surface area contributed by atoms with Crippen LogP contribution in [0.25, 0.3) is 28.2 Å². The fourth-order valence-corrected chi connectivity index (χ4v) is 4.92. The smallest absolute Gasteiger partial charge is 0.167 e. The van der Waals surface area contributed by atoms with E-state index >= 15 is 0 Å². The number of hydrogen-bond acceptors (Lipinski definition) is 5. The number of benzene rings is 1. The van der Waals surface area contributed by atoms with Crippen molar-refractivity contribution in [3.63, 3.8) is 0 Å². The molecule has 0 aliphatic carbocycles. The highest BCUT2D eigenvalue weighted by Gasteiger charge is 2.24.